The largest absolute Gasteiger partial charge is 0.383 e. The second kappa shape index (κ2) is 6.30. The smallest absolute Gasteiger partial charge is 0.149 e. The van der Waals surface area contributed by atoms with Crippen LogP contribution in [-0.4, -0.2) is 33.4 Å². The van der Waals surface area contributed by atoms with Gasteiger partial charge in [0.1, 0.15) is 17.3 Å². The normalized spacial score (nSPS) is 14.7. The highest BCUT2D eigenvalue weighted by molar-refractivity contribution is 5.50. The molecule has 1 aromatic rings. The van der Waals surface area contributed by atoms with Crippen LogP contribution in [0.5, 0.6) is 0 Å². The van der Waals surface area contributed by atoms with Crippen molar-refractivity contribution in [1.82, 2.24) is 5.32 Å². The minimum atomic E-state index is -0.522. The van der Waals surface area contributed by atoms with Crippen molar-refractivity contribution in [2.75, 3.05) is 32.2 Å². The Morgan fingerprint density at radius 3 is 2.47 bits per heavy atom. The molecule has 0 heterocycles. The Bertz CT molecular complexity index is 412. The number of hydrogen-bond acceptors (Lipinski definition) is 3. The fourth-order valence-electron chi connectivity index (χ4n) is 1.97. The third kappa shape index (κ3) is 3.88. The van der Waals surface area contributed by atoms with Crippen LogP contribution in [0.25, 0.3) is 0 Å². The maximum atomic E-state index is 14.0. The Morgan fingerprint density at radius 1 is 1.32 bits per heavy atom. The Labute approximate surface area is 112 Å². The summed E-state index contributed by atoms with van der Waals surface area (Å²) >= 11 is 0. The molecule has 0 amide bonds. The van der Waals surface area contributed by atoms with Crippen molar-refractivity contribution in [2.24, 2.45) is 0 Å². The van der Waals surface area contributed by atoms with E-state index >= 15 is 0 Å². The lowest BCUT2D eigenvalue weighted by Gasteiger charge is -2.20. The van der Waals surface area contributed by atoms with Crippen LogP contribution in [0.2, 0.25) is 0 Å². The standard InChI is InChI=1S/C14H20F2N2O/c1-18(5-6-19-2)14-12(15)7-10(8-13(14)16)9-17-11-3-4-11/h7-8,11,17H,3-6,9H2,1-2H3. The zero-order valence-electron chi connectivity index (χ0n) is 11.4. The molecule has 2 rings (SSSR count). The molecule has 1 aromatic carbocycles. The lowest BCUT2D eigenvalue weighted by atomic mass is 10.1. The van der Waals surface area contributed by atoms with Crippen molar-refractivity contribution in [3.8, 4) is 0 Å². The summed E-state index contributed by atoms with van der Waals surface area (Å²) in [5, 5.41) is 3.24. The van der Waals surface area contributed by atoms with Gasteiger partial charge in [0.15, 0.2) is 0 Å². The minimum absolute atomic E-state index is 0.00669. The first kappa shape index (κ1) is 14.2. The quantitative estimate of drug-likeness (QED) is 0.823. The molecule has 5 heteroatoms. The highest BCUT2D eigenvalue weighted by Crippen LogP contribution is 2.25. The van der Waals surface area contributed by atoms with Crippen LogP contribution in [0, 0.1) is 11.6 Å². The van der Waals surface area contributed by atoms with E-state index in [-0.39, 0.29) is 5.69 Å². The van der Waals surface area contributed by atoms with Gasteiger partial charge in [-0.1, -0.05) is 0 Å². The molecule has 0 spiro atoms. The van der Waals surface area contributed by atoms with Crippen LogP contribution in [0.4, 0.5) is 14.5 Å². The van der Waals surface area contributed by atoms with Crippen molar-refractivity contribution < 1.29 is 13.5 Å². The van der Waals surface area contributed by atoms with E-state index in [1.54, 1.807) is 14.2 Å². The second-order valence-electron chi connectivity index (χ2n) is 4.98. The molecule has 0 aliphatic heterocycles. The van der Waals surface area contributed by atoms with E-state index in [9.17, 15) is 8.78 Å². The molecule has 106 valence electrons. The zero-order valence-corrected chi connectivity index (χ0v) is 11.4. The Kier molecular flexibility index (Phi) is 4.71. The number of halogens is 2. The summed E-state index contributed by atoms with van der Waals surface area (Å²) in [5.41, 5.74) is 0.651. The summed E-state index contributed by atoms with van der Waals surface area (Å²) in [4.78, 5) is 1.53. The molecule has 1 N–H and O–H groups in total. The molecule has 1 saturated carbocycles. The summed E-state index contributed by atoms with van der Waals surface area (Å²) in [5.74, 6) is -1.04. The number of nitrogens with one attached hydrogen (secondary N) is 1. The Morgan fingerprint density at radius 2 is 1.95 bits per heavy atom. The van der Waals surface area contributed by atoms with E-state index in [1.807, 2.05) is 0 Å². The summed E-state index contributed by atoms with van der Waals surface area (Å²) < 4.78 is 32.9. The van der Waals surface area contributed by atoms with E-state index in [1.165, 1.54) is 17.0 Å². The van der Waals surface area contributed by atoms with Gasteiger partial charge in [0.25, 0.3) is 0 Å². The number of methoxy groups -OCH3 is 1. The van der Waals surface area contributed by atoms with Crippen LogP contribution in [0.3, 0.4) is 0 Å². The monoisotopic (exact) mass is 270 g/mol. The number of nitrogens with zero attached hydrogens (tertiary/aromatic N) is 1. The molecule has 0 aromatic heterocycles. The van der Waals surface area contributed by atoms with Crippen molar-refractivity contribution in [1.29, 1.82) is 0 Å². The molecule has 0 unspecified atom stereocenters. The number of benzene rings is 1. The Balaban J connectivity index is 2.06. The van der Waals surface area contributed by atoms with Gasteiger partial charge in [0.05, 0.1) is 6.61 Å². The topological polar surface area (TPSA) is 24.5 Å². The van der Waals surface area contributed by atoms with Crippen LogP contribution in [0.15, 0.2) is 12.1 Å². The van der Waals surface area contributed by atoms with Gasteiger partial charge < -0.3 is 15.0 Å². The molecule has 0 atom stereocenters. The number of likely N-dealkylation sites (N-methyl/N-ethyl adjacent to an activating group) is 1. The second-order valence-corrected chi connectivity index (χ2v) is 4.98. The van der Waals surface area contributed by atoms with Crippen molar-refractivity contribution >= 4 is 5.69 Å². The highest BCUT2D eigenvalue weighted by atomic mass is 19.1. The van der Waals surface area contributed by atoms with Crippen LogP contribution in [0.1, 0.15) is 18.4 Å². The maximum absolute atomic E-state index is 14.0. The molecule has 3 nitrogen and oxygen atoms in total. The lowest BCUT2D eigenvalue weighted by molar-refractivity contribution is 0.206. The maximum Gasteiger partial charge on any atom is 0.149 e. The molecule has 0 bridgehead atoms. The molecule has 0 radical (unpaired) electrons. The van der Waals surface area contributed by atoms with E-state index < -0.39 is 11.6 Å². The van der Waals surface area contributed by atoms with Crippen molar-refractivity contribution in [3.63, 3.8) is 0 Å². The van der Waals surface area contributed by atoms with Gasteiger partial charge in [0.2, 0.25) is 0 Å². The summed E-state index contributed by atoms with van der Waals surface area (Å²) in [7, 11) is 3.22. The highest BCUT2D eigenvalue weighted by Gasteiger charge is 2.21. The molecule has 1 fully saturated rings. The predicted octanol–water partition coefficient (Wildman–Crippen LogP) is 2.30. The van der Waals surface area contributed by atoms with E-state index in [0.29, 0.717) is 31.3 Å². The average Bonchev–Trinajstić information content (AvgIpc) is 3.17. The summed E-state index contributed by atoms with van der Waals surface area (Å²) in [6.07, 6.45) is 2.31. The fraction of sp³-hybridized carbons (Fsp3) is 0.571. The third-order valence-corrected chi connectivity index (χ3v) is 3.26. The van der Waals surface area contributed by atoms with Crippen LogP contribution >= 0.6 is 0 Å². The van der Waals surface area contributed by atoms with Gasteiger partial charge in [-0.05, 0) is 30.5 Å². The first-order chi connectivity index (χ1) is 9.11. The van der Waals surface area contributed by atoms with Gasteiger partial charge in [-0.25, -0.2) is 8.78 Å². The molecule has 0 saturated heterocycles. The molecular weight excluding hydrogens is 250 g/mol. The van der Waals surface area contributed by atoms with E-state index in [4.69, 9.17) is 4.74 Å². The number of ether oxygens (including phenoxy) is 1. The zero-order chi connectivity index (χ0) is 13.8. The summed E-state index contributed by atoms with van der Waals surface area (Å²) in [6.45, 7) is 1.39. The van der Waals surface area contributed by atoms with Crippen molar-refractivity contribution in [2.45, 2.75) is 25.4 Å². The molecule has 19 heavy (non-hydrogen) atoms. The van der Waals surface area contributed by atoms with Gasteiger partial charge in [-0.3, -0.25) is 0 Å². The molecule has 1 aliphatic rings. The lowest BCUT2D eigenvalue weighted by Crippen LogP contribution is -2.24. The van der Waals surface area contributed by atoms with Gasteiger partial charge in [0, 0.05) is 33.3 Å². The predicted molar refractivity (Wildman–Crippen MR) is 71.4 cm³/mol. The van der Waals surface area contributed by atoms with Crippen LogP contribution in [-0.2, 0) is 11.3 Å². The minimum Gasteiger partial charge on any atom is -0.383 e. The third-order valence-electron chi connectivity index (χ3n) is 3.26. The van der Waals surface area contributed by atoms with E-state index in [0.717, 1.165) is 12.8 Å². The van der Waals surface area contributed by atoms with Gasteiger partial charge >= 0.3 is 0 Å². The number of anilines is 1. The molecular formula is C14H20F2N2O. The number of hydrogen-bond donors (Lipinski definition) is 1. The Hall–Kier alpha value is -1.20. The van der Waals surface area contributed by atoms with Gasteiger partial charge in [-0.15, -0.1) is 0 Å². The number of rotatable bonds is 7. The molecule has 1 aliphatic carbocycles. The average molecular weight is 270 g/mol. The fourth-order valence-corrected chi connectivity index (χ4v) is 1.97. The summed E-state index contributed by atoms with van der Waals surface area (Å²) in [6, 6.07) is 3.32. The first-order valence-corrected chi connectivity index (χ1v) is 6.53. The van der Waals surface area contributed by atoms with Crippen LogP contribution < -0.4 is 10.2 Å². The SMILES string of the molecule is COCCN(C)c1c(F)cc(CNC2CC2)cc1F. The first-order valence-electron chi connectivity index (χ1n) is 6.53. The van der Waals surface area contributed by atoms with Crippen molar-refractivity contribution in [3.05, 3.63) is 29.3 Å². The van der Waals surface area contributed by atoms with Gasteiger partial charge in [-0.2, -0.15) is 0 Å². The van der Waals surface area contributed by atoms with E-state index in [2.05, 4.69) is 5.32 Å².